The van der Waals surface area contributed by atoms with E-state index in [4.69, 9.17) is 0 Å². The van der Waals surface area contributed by atoms with Gasteiger partial charge in [0.15, 0.2) is 0 Å². The molecule has 1 aromatic carbocycles. The summed E-state index contributed by atoms with van der Waals surface area (Å²) in [5.74, 6) is 0. The van der Waals surface area contributed by atoms with Crippen LogP contribution in [0.1, 0.15) is 11.1 Å². The monoisotopic (exact) mass is 320 g/mol. The van der Waals surface area contributed by atoms with E-state index >= 15 is 0 Å². The third-order valence-corrected chi connectivity index (χ3v) is 3.14. The van der Waals surface area contributed by atoms with Crippen molar-refractivity contribution < 1.29 is 22.7 Å². The van der Waals surface area contributed by atoms with E-state index in [2.05, 4.69) is 20.3 Å². The zero-order valence-corrected chi connectivity index (χ0v) is 10.5. The number of aliphatic hydroxyl groups is 1. The Morgan fingerprint density at radius 3 is 2.06 bits per heavy atom. The van der Waals surface area contributed by atoms with Crippen LogP contribution in [0.3, 0.4) is 0 Å². The third kappa shape index (κ3) is 2.06. The van der Waals surface area contributed by atoms with Gasteiger partial charge in [0.25, 0.3) is 0 Å². The van der Waals surface area contributed by atoms with E-state index in [0.717, 1.165) is 18.6 Å². The van der Waals surface area contributed by atoms with Gasteiger partial charge in [-0.3, -0.25) is 0 Å². The number of rotatable bonds is 2. The van der Waals surface area contributed by atoms with Crippen LogP contribution in [0.25, 0.3) is 0 Å². The summed E-state index contributed by atoms with van der Waals surface area (Å²) in [6.07, 6.45) is -2.87. The first-order valence-electron chi connectivity index (χ1n) is 4.93. The number of hydrogen-bond acceptors (Lipinski definition) is 2. The van der Waals surface area contributed by atoms with E-state index in [0.29, 0.717) is 4.47 Å². The number of alkyl halides is 3. The van der Waals surface area contributed by atoms with E-state index in [1.54, 1.807) is 0 Å². The molecule has 0 bridgehead atoms. The van der Waals surface area contributed by atoms with Crippen LogP contribution < -0.4 is 0 Å². The Morgan fingerprint density at radius 2 is 1.61 bits per heavy atom. The lowest BCUT2D eigenvalue weighted by Gasteiger charge is -2.30. The molecule has 2 rings (SSSR count). The second kappa shape index (κ2) is 4.44. The summed E-state index contributed by atoms with van der Waals surface area (Å²) >= 11 is 3.13. The van der Waals surface area contributed by atoms with Crippen molar-refractivity contribution in [2.75, 3.05) is 0 Å². The predicted molar refractivity (Wildman–Crippen MR) is 61.9 cm³/mol. The van der Waals surface area contributed by atoms with Crippen LogP contribution >= 0.6 is 15.9 Å². The Labute approximate surface area is 109 Å². The second-order valence-electron chi connectivity index (χ2n) is 3.73. The lowest BCUT2D eigenvalue weighted by atomic mass is 9.87. The minimum atomic E-state index is -4.84. The van der Waals surface area contributed by atoms with Crippen LogP contribution in [0.2, 0.25) is 0 Å². The van der Waals surface area contributed by atoms with Crippen molar-refractivity contribution in [2.45, 2.75) is 11.8 Å². The summed E-state index contributed by atoms with van der Waals surface area (Å²) in [5, 5.41) is 10.1. The molecule has 1 N–H and O–H groups in total. The van der Waals surface area contributed by atoms with Crippen LogP contribution in [0.4, 0.5) is 13.2 Å². The third-order valence-electron chi connectivity index (χ3n) is 2.61. The number of halogens is 4. The summed E-state index contributed by atoms with van der Waals surface area (Å²) in [4.78, 5) is 0. The summed E-state index contributed by atoms with van der Waals surface area (Å²) < 4.78 is 44.7. The first-order chi connectivity index (χ1) is 8.35. The lowest BCUT2D eigenvalue weighted by molar-refractivity contribution is -0.248. The topological polar surface area (TPSA) is 33.4 Å². The Morgan fingerprint density at radius 1 is 1.00 bits per heavy atom. The average Bonchev–Trinajstić information content (AvgIpc) is 2.81. The van der Waals surface area contributed by atoms with Gasteiger partial charge in [-0.15, -0.1) is 0 Å². The summed E-state index contributed by atoms with van der Waals surface area (Å²) in [5.41, 5.74) is -3.68. The van der Waals surface area contributed by atoms with E-state index in [9.17, 15) is 18.3 Å². The maximum absolute atomic E-state index is 13.2. The highest BCUT2D eigenvalue weighted by Crippen LogP contribution is 2.44. The highest BCUT2D eigenvalue weighted by Gasteiger charge is 2.56. The van der Waals surface area contributed by atoms with Crippen LogP contribution in [0.5, 0.6) is 0 Å². The number of hydrogen-bond donors (Lipinski definition) is 1. The van der Waals surface area contributed by atoms with Crippen molar-refractivity contribution in [3.05, 3.63) is 58.5 Å². The van der Waals surface area contributed by atoms with Gasteiger partial charge in [0.1, 0.15) is 0 Å². The minimum absolute atomic E-state index is 0.264. The van der Waals surface area contributed by atoms with E-state index < -0.39 is 11.8 Å². The maximum Gasteiger partial charge on any atom is 0.425 e. The average molecular weight is 321 g/mol. The first-order valence-corrected chi connectivity index (χ1v) is 5.73. The van der Waals surface area contributed by atoms with Gasteiger partial charge in [0, 0.05) is 10.0 Å². The molecule has 2 nitrogen and oxygen atoms in total. The molecule has 2 aromatic rings. The molecular formula is C12H8BrF3O2. The predicted octanol–water partition coefficient (Wildman–Crippen LogP) is 3.84. The molecular weight excluding hydrogens is 313 g/mol. The quantitative estimate of drug-likeness (QED) is 0.912. The van der Waals surface area contributed by atoms with Gasteiger partial charge in [0.2, 0.25) is 5.60 Å². The summed E-state index contributed by atoms with van der Waals surface area (Å²) in [7, 11) is 0. The van der Waals surface area contributed by atoms with Crippen molar-refractivity contribution in [3.8, 4) is 0 Å². The molecule has 1 unspecified atom stereocenters. The van der Waals surface area contributed by atoms with E-state index in [-0.39, 0.29) is 11.1 Å². The highest BCUT2D eigenvalue weighted by molar-refractivity contribution is 9.10. The molecule has 0 aliphatic heterocycles. The molecule has 1 aromatic heterocycles. The fourth-order valence-electron chi connectivity index (χ4n) is 1.66. The normalized spacial score (nSPS) is 15.4. The fraction of sp³-hybridized carbons (Fsp3) is 0.167. The molecule has 0 amide bonds. The van der Waals surface area contributed by atoms with Gasteiger partial charge >= 0.3 is 6.18 Å². The molecule has 0 saturated heterocycles. The number of furan rings is 1. The molecule has 6 heteroatoms. The van der Waals surface area contributed by atoms with Gasteiger partial charge in [-0.25, -0.2) is 0 Å². The molecule has 0 aliphatic carbocycles. The smallest absolute Gasteiger partial charge is 0.425 e. The van der Waals surface area contributed by atoms with Crippen LogP contribution in [-0.4, -0.2) is 11.3 Å². The lowest BCUT2D eigenvalue weighted by Crippen LogP contribution is -2.43. The van der Waals surface area contributed by atoms with Gasteiger partial charge in [0.05, 0.1) is 12.5 Å². The molecule has 0 aliphatic rings. The fourth-order valence-corrected chi connectivity index (χ4v) is 1.92. The Bertz CT molecular complexity index is 519. The largest absolute Gasteiger partial charge is 0.472 e. The molecule has 0 radical (unpaired) electrons. The zero-order chi connectivity index (χ0) is 13.4. The molecule has 0 saturated carbocycles. The minimum Gasteiger partial charge on any atom is -0.472 e. The van der Waals surface area contributed by atoms with Gasteiger partial charge in [-0.2, -0.15) is 13.2 Å². The highest BCUT2D eigenvalue weighted by atomic mass is 79.9. The van der Waals surface area contributed by atoms with Crippen molar-refractivity contribution in [1.82, 2.24) is 0 Å². The maximum atomic E-state index is 13.2. The molecule has 0 spiro atoms. The Hall–Kier alpha value is -1.27. The van der Waals surface area contributed by atoms with Gasteiger partial charge in [-0.1, -0.05) is 28.1 Å². The zero-order valence-electron chi connectivity index (χ0n) is 8.91. The summed E-state index contributed by atoms with van der Waals surface area (Å²) in [6, 6.07) is 6.39. The standard InChI is InChI=1S/C12H8BrF3O2/c13-10-3-1-8(2-4-10)11(17,12(14,15)16)9-5-6-18-7-9/h1-7,17H. The van der Waals surface area contributed by atoms with E-state index in [1.807, 2.05) is 0 Å². The Kier molecular flexibility index (Phi) is 3.25. The van der Waals surface area contributed by atoms with Crippen molar-refractivity contribution >= 4 is 15.9 Å². The van der Waals surface area contributed by atoms with E-state index in [1.165, 1.54) is 24.3 Å². The molecule has 1 atom stereocenters. The molecule has 96 valence electrons. The summed E-state index contributed by atoms with van der Waals surface area (Å²) in [6.45, 7) is 0. The van der Waals surface area contributed by atoms with Crippen molar-refractivity contribution in [3.63, 3.8) is 0 Å². The SMILES string of the molecule is OC(c1ccc(Br)cc1)(c1ccoc1)C(F)(F)F. The van der Waals surface area contributed by atoms with Crippen LogP contribution in [0.15, 0.2) is 51.7 Å². The van der Waals surface area contributed by atoms with Crippen molar-refractivity contribution in [2.24, 2.45) is 0 Å². The molecule has 18 heavy (non-hydrogen) atoms. The van der Waals surface area contributed by atoms with Crippen LogP contribution in [0, 0.1) is 0 Å². The van der Waals surface area contributed by atoms with Gasteiger partial charge < -0.3 is 9.52 Å². The Balaban J connectivity index is 2.60. The second-order valence-corrected chi connectivity index (χ2v) is 4.64. The number of benzene rings is 1. The molecule has 0 fully saturated rings. The molecule has 1 heterocycles. The van der Waals surface area contributed by atoms with Crippen molar-refractivity contribution in [1.29, 1.82) is 0 Å². The van der Waals surface area contributed by atoms with Crippen LogP contribution in [-0.2, 0) is 5.60 Å². The van der Waals surface area contributed by atoms with Gasteiger partial charge in [-0.05, 0) is 23.8 Å². The first kappa shape index (κ1) is 13.2.